The Morgan fingerprint density at radius 3 is 1.61 bits per heavy atom. The highest BCUT2D eigenvalue weighted by Crippen LogP contribution is 2.48. The molecule has 3 aromatic rings. The molecule has 2 N–H and O–H groups in total. The van der Waals surface area contributed by atoms with E-state index in [0.717, 1.165) is 16.7 Å². The van der Waals surface area contributed by atoms with Gasteiger partial charge < -0.3 is 10.6 Å². The summed E-state index contributed by atoms with van der Waals surface area (Å²) in [5.41, 5.74) is 2.82. The number of nitrogens with one attached hydrogen (secondary N) is 2. The van der Waals surface area contributed by atoms with Crippen LogP contribution in [0, 0.1) is 5.41 Å². The number of benzene rings is 3. The molecule has 0 saturated heterocycles. The smallest absolute Gasteiger partial charge is 0.243 e. The van der Waals surface area contributed by atoms with Gasteiger partial charge in [0.1, 0.15) is 6.04 Å². The van der Waals surface area contributed by atoms with E-state index in [0.29, 0.717) is 18.1 Å². The highest BCUT2D eigenvalue weighted by atomic mass is 32.2. The third kappa shape index (κ3) is 7.74. The second kappa shape index (κ2) is 13.7. The van der Waals surface area contributed by atoms with Crippen LogP contribution in [-0.2, 0) is 19.1 Å². The number of amides is 2. The van der Waals surface area contributed by atoms with E-state index in [1.807, 2.05) is 75.4 Å². The Morgan fingerprint density at radius 2 is 1.21 bits per heavy atom. The summed E-state index contributed by atoms with van der Waals surface area (Å²) in [5.74, 6) is 0.287. The molecule has 0 aromatic heterocycles. The molecule has 0 aliphatic heterocycles. The highest BCUT2D eigenvalue weighted by Gasteiger charge is 2.38. The summed E-state index contributed by atoms with van der Waals surface area (Å²) < 4.78 is -0.601. The molecule has 5 nitrogen and oxygen atoms in total. The topological polar surface area (TPSA) is 75.3 Å². The van der Waals surface area contributed by atoms with Gasteiger partial charge in [-0.05, 0) is 16.7 Å². The van der Waals surface area contributed by atoms with Crippen LogP contribution in [0.15, 0.2) is 91.0 Å². The Bertz CT molecular complexity index is 1100. The van der Waals surface area contributed by atoms with E-state index in [2.05, 4.69) is 47.0 Å². The van der Waals surface area contributed by atoms with E-state index < -0.39 is 16.2 Å². The maximum atomic E-state index is 13.2. The minimum Gasteiger partial charge on any atom is -0.353 e. The molecular formula is C31H36N2O3S2. The molecule has 0 aliphatic rings. The minimum absolute atomic E-state index is 0.0825. The molecule has 200 valence electrons. The number of carbonyl (C=O) groups is 3. The fraction of sp³-hybridized carbons (Fsp3) is 0.323. The van der Waals surface area contributed by atoms with Crippen LogP contribution in [0.3, 0.4) is 0 Å². The zero-order chi connectivity index (χ0) is 27.6. The summed E-state index contributed by atoms with van der Waals surface area (Å²) in [6.07, 6.45) is 0. The number of hydrogen-bond acceptors (Lipinski definition) is 5. The van der Waals surface area contributed by atoms with E-state index >= 15 is 0 Å². The molecule has 7 heteroatoms. The van der Waals surface area contributed by atoms with E-state index in [-0.39, 0.29) is 16.9 Å². The van der Waals surface area contributed by atoms with Gasteiger partial charge in [0.15, 0.2) is 5.12 Å². The van der Waals surface area contributed by atoms with Gasteiger partial charge in [0, 0.05) is 30.4 Å². The fourth-order valence-electron chi connectivity index (χ4n) is 4.06. The molecule has 3 aromatic carbocycles. The first-order chi connectivity index (χ1) is 18.1. The lowest BCUT2D eigenvalue weighted by Gasteiger charge is -2.36. The van der Waals surface area contributed by atoms with Crippen molar-refractivity contribution in [1.82, 2.24) is 10.6 Å². The van der Waals surface area contributed by atoms with Crippen molar-refractivity contribution in [2.24, 2.45) is 5.41 Å². The van der Waals surface area contributed by atoms with Crippen molar-refractivity contribution in [3.63, 3.8) is 0 Å². The van der Waals surface area contributed by atoms with Crippen LogP contribution in [0.25, 0.3) is 0 Å². The van der Waals surface area contributed by atoms with E-state index in [9.17, 15) is 14.4 Å². The maximum absolute atomic E-state index is 13.2. The predicted octanol–water partition coefficient (Wildman–Crippen LogP) is 5.64. The van der Waals surface area contributed by atoms with Crippen LogP contribution < -0.4 is 10.6 Å². The largest absolute Gasteiger partial charge is 0.353 e. The summed E-state index contributed by atoms with van der Waals surface area (Å²) in [4.78, 5) is 37.5. The summed E-state index contributed by atoms with van der Waals surface area (Å²) in [6, 6.07) is 30.0. The zero-order valence-corrected chi connectivity index (χ0v) is 24.0. The van der Waals surface area contributed by atoms with Crippen LogP contribution in [0.5, 0.6) is 0 Å². The molecule has 3 rings (SSSR count). The molecule has 0 radical (unpaired) electrons. The summed E-state index contributed by atoms with van der Waals surface area (Å²) in [7, 11) is 0. The Morgan fingerprint density at radius 1 is 0.763 bits per heavy atom. The van der Waals surface area contributed by atoms with Crippen molar-refractivity contribution in [2.75, 3.05) is 18.1 Å². The first-order valence-electron chi connectivity index (χ1n) is 12.7. The van der Waals surface area contributed by atoms with Crippen molar-refractivity contribution in [3.8, 4) is 0 Å². The lowest BCUT2D eigenvalue weighted by Crippen LogP contribution is -2.49. The van der Waals surface area contributed by atoms with Crippen molar-refractivity contribution < 1.29 is 14.4 Å². The molecule has 0 fully saturated rings. The number of rotatable bonds is 11. The van der Waals surface area contributed by atoms with Gasteiger partial charge in [-0.1, -0.05) is 124 Å². The van der Waals surface area contributed by atoms with Crippen molar-refractivity contribution >= 4 is 40.5 Å². The predicted molar refractivity (Wildman–Crippen MR) is 159 cm³/mol. The summed E-state index contributed by atoms with van der Waals surface area (Å²) in [5, 5.41) is 5.83. The summed E-state index contributed by atoms with van der Waals surface area (Å²) >= 11 is 2.83. The standard InChI is InChI=1S/C31H36N2O3S2/c1-23(34)33-27(28(35)32-20-21-37-29(36)30(2,3)4)22-38-31(24-14-8-5-9-15-24,25-16-10-6-11-17-25)26-18-12-7-13-19-26/h5-19,27H,20-22H2,1-4H3,(H,32,35)(H,33,34)/t27-/m0/s1. The number of hydrogen-bond donors (Lipinski definition) is 2. The number of carbonyl (C=O) groups excluding carboxylic acids is 3. The molecule has 0 bridgehead atoms. The van der Waals surface area contributed by atoms with Gasteiger partial charge in [-0.3, -0.25) is 14.4 Å². The van der Waals surface area contributed by atoms with Crippen LogP contribution >= 0.6 is 23.5 Å². The van der Waals surface area contributed by atoms with Gasteiger partial charge in [-0.25, -0.2) is 0 Å². The average molecular weight is 549 g/mol. The summed E-state index contributed by atoms with van der Waals surface area (Å²) in [6.45, 7) is 7.39. The Labute approximate surface area is 234 Å². The normalized spacial score (nSPS) is 12.4. The van der Waals surface area contributed by atoms with Gasteiger partial charge in [-0.2, -0.15) is 0 Å². The lowest BCUT2D eigenvalue weighted by molar-refractivity contribution is -0.127. The van der Waals surface area contributed by atoms with E-state index in [4.69, 9.17) is 0 Å². The van der Waals surface area contributed by atoms with Gasteiger partial charge >= 0.3 is 0 Å². The maximum Gasteiger partial charge on any atom is 0.243 e. The van der Waals surface area contributed by atoms with Crippen molar-refractivity contribution in [2.45, 2.75) is 38.5 Å². The number of thioether (sulfide) groups is 2. The molecular weight excluding hydrogens is 512 g/mol. The zero-order valence-electron chi connectivity index (χ0n) is 22.4. The van der Waals surface area contributed by atoms with Crippen LogP contribution in [0.2, 0.25) is 0 Å². The third-order valence-corrected chi connectivity index (χ3v) is 8.87. The molecule has 0 spiro atoms. The van der Waals surface area contributed by atoms with Crippen LogP contribution in [0.1, 0.15) is 44.4 Å². The van der Waals surface area contributed by atoms with Gasteiger partial charge in [0.25, 0.3) is 0 Å². The van der Waals surface area contributed by atoms with Crippen LogP contribution in [0.4, 0.5) is 0 Å². The second-order valence-corrected chi connectivity index (χ2v) is 12.3. The fourth-order valence-corrected chi connectivity index (χ4v) is 6.44. The first kappa shape index (κ1) is 29.5. The monoisotopic (exact) mass is 548 g/mol. The molecule has 1 atom stereocenters. The third-order valence-electron chi connectivity index (χ3n) is 5.95. The highest BCUT2D eigenvalue weighted by molar-refractivity contribution is 8.13. The molecule has 2 amide bonds. The van der Waals surface area contributed by atoms with Gasteiger partial charge in [0.2, 0.25) is 11.8 Å². The lowest BCUT2D eigenvalue weighted by atomic mass is 9.84. The molecule has 0 heterocycles. The quantitative estimate of drug-likeness (QED) is 0.240. The second-order valence-electron chi connectivity index (χ2n) is 10.0. The van der Waals surface area contributed by atoms with Gasteiger partial charge in [-0.15, -0.1) is 11.8 Å². The molecule has 38 heavy (non-hydrogen) atoms. The first-order valence-corrected chi connectivity index (χ1v) is 14.6. The minimum atomic E-state index is -0.740. The Kier molecular flexibility index (Phi) is 10.6. The Hall–Kier alpha value is -3.03. The Balaban J connectivity index is 1.88. The average Bonchev–Trinajstić information content (AvgIpc) is 2.91. The van der Waals surface area contributed by atoms with E-state index in [1.165, 1.54) is 18.7 Å². The van der Waals surface area contributed by atoms with E-state index in [1.54, 1.807) is 11.8 Å². The molecule has 0 saturated carbocycles. The van der Waals surface area contributed by atoms with Crippen LogP contribution in [-0.4, -0.2) is 41.0 Å². The molecule has 0 unspecified atom stereocenters. The van der Waals surface area contributed by atoms with Gasteiger partial charge in [0.05, 0.1) is 4.75 Å². The van der Waals surface area contributed by atoms with Crippen molar-refractivity contribution in [1.29, 1.82) is 0 Å². The van der Waals surface area contributed by atoms with Crippen molar-refractivity contribution in [3.05, 3.63) is 108 Å². The molecule has 0 aliphatic carbocycles. The SMILES string of the molecule is CC(=O)N[C@@H](CSC(c1ccccc1)(c1ccccc1)c1ccccc1)C(=O)NCCSC(=O)C(C)(C)C.